The lowest BCUT2D eigenvalue weighted by Crippen LogP contribution is -2.35. The van der Waals surface area contributed by atoms with Crippen LogP contribution in [0.2, 0.25) is 5.02 Å². The molecule has 178 valence electrons. The Balaban J connectivity index is 1.86. The topological polar surface area (TPSA) is 64.0 Å². The van der Waals surface area contributed by atoms with Crippen molar-refractivity contribution in [2.24, 2.45) is 5.41 Å². The fourth-order valence-electron chi connectivity index (χ4n) is 3.89. The van der Waals surface area contributed by atoms with Crippen molar-refractivity contribution in [3.63, 3.8) is 0 Å². The van der Waals surface area contributed by atoms with Crippen LogP contribution in [0.25, 0.3) is 22.2 Å². The van der Waals surface area contributed by atoms with Crippen LogP contribution in [-0.2, 0) is 16.6 Å². The molecule has 5 nitrogen and oxygen atoms in total. The van der Waals surface area contributed by atoms with Crippen LogP contribution in [0.1, 0.15) is 45.2 Å². The van der Waals surface area contributed by atoms with Crippen LogP contribution in [0.5, 0.6) is 0 Å². The molecule has 1 N–H and O–H groups in total. The van der Waals surface area contributed by atoms with Crippen LogP contribution < -0.4 is 4.72 Å². The number of benzene rings is 1. The SMILES string of the molecule is CC(C)(C)Cn1cc([C@H](NS(=O)(=O)C2CC2)C(F)F)c2ccc(-c3ncc(Cl)cc3F)cc21. The predicted octanol–water partition coefficient (Wildman–Crippen LogP) is 5.93. The van der Waals surface area contributed by atoms with Crippen LogP contribution >= 0.6 is 11.6 Å². The molecule has 0 unspecified atom stereocenters. The lowest BCUT2D eigenvalue weighted by molar-refractivity contribution is 0.109. The average Bonchev–Trinajstić information content (AvgIpc) is 3.50. The summed E-state index contributed by atoms with van der Waals surface area (Å²) in [6.07, 6.45) is 0.906. The zero-order valence-corrected chi connectivity index (χ0v) is 20.0. The molecule has 2 aromatic heterocycles. The molecule has 1 atom stereocenters. The molecule has 2 heterocycles. The van der Waals surface area contributed by atoms with Crippen LogP contribution in [0.4, 0.5) is 13.2 Å². The summed E-state index contributed by atoms with van der Waals surface area (Å²) in [6.45, 7) is 6.49. The van der Waals surface area contributed by atoms with Crippen LogP contribution in [0.15, 0.2) is 36.7 Å². The summed E-state index contributed by atoms with van der Waals surface area (Å²) in [5, 5.41) is 0.0202. The van der Waals surface area contributed by atoms with Gasteiger partial charge < -0.3 is 4.57 Å². The van der Waals surface area contributed by atoms with Gasteiger partial charge in [-0.3, -0.25) is 4.98 Å². The van der Waals surface area contributed by atoms with Crippen molar-refractivity contribution in [2.45, 2.75) is 57.9 Å². The second kappa shape index (κ2) is 8.60. The smallest absolute Gasteiger partial charge is 0.258 e. The molecule has 0 amide bonds. The molecule has 0 spiro atoms. The first-order valence-electron chi connectivity index (χ1n) is 10.6. The quantitative estimate of drug-likeness (QED) is 0.438. The van der Waals surface area contributed by atoms with Gasteiger partial charge in [-0.2, -0.15) is 0 Å². The summed E-state index contributed by atoms with van der Waals surface area (Å²) in [5.74, 6) is -0.598. The van der Waals surface area contributed by atoms with Gasteiger partial charge in [0.05, 0.1) is 10.3 Å². The van der Waals surface area contributed by atoms with Crippen molar-refractivity contribution < 1.29 is 21.6 Å². The van der Waals surface area contributed by atoms with E-state index in [2.05, 4.69) is 9.71 Å². The number of nitrogens with one attached hydrogen (secondary N) is 1. The highest BCUT2D eigenvalue weighted by Gasteiger charge is 2.40. The van der Waals surface area contributed by atoms with E-state index in [4.69, 9.17) is 11.6 Å². The van der Waals surface area contributed by atoms with E-state index in [1.807, 2.05) is 25.3 Å². The monoisotopic (exact) mass is 499 g/mol. The number of nitrogens with zero attached hydrogens (tertiary/aromatic N) is 2. The third-order valence-electron chi connectivity index (χ3n) is 5.48. The van der Waals surface area contributed by atoms with Crippen molar-refractivity contribution in [3.8, 4) is 11.3 Å². The van der Waals surface area contributed by atoms with Crippen molar-refractivity contribution in [3.05, 3.63) is 53.1 Å². The zero-order valence-electron chi connectivity index (χ0n) is 18.4. The molecule has 0 aliphatic heterocycles. The Morgan fingerprint density at radius 1 is 1.24 bits per heavy atom. The van der Waals surface area contributed by atoms with E-state index < -0.39 is 33.6 Å². The highest BCUT2D eigenvalue weighted by Crippen LogP contribution is 2.37. The zero-order chi connectivity index (χ0) is 24.1. The fraction of sp³-hybridized carbons (Fsp3) is 0.435. The van der Waals surface area contributed by atoms with E-state index in [-0.39, 0.29) is 21.7 Å². The number of hydrogen-bond acceptors (Lipinski definition) is 3. The van der Waals surface area contributed by atoms with Gasteiger partial charge >= 0.3 is 0 Å². The number of hydrogen-bond donors (Lipinski definition) is 1. The number of fused-ring (bicyclic) bond motifs is 1. The number of halogens is 4. The molecule has 1 aliphatic rings. The van der Waals surface area contributed by atoms with E-state index in [9.17, 15) is 21.6 Å². The van der Waals surface area contributed by atoms with Gasteiger partial charge in [0.15, 0.2) is 5.82 Å². The van der Waals surface area contributed by atoms with E-state index in [1.54, 1.807) is 24.4 Å². The summed E-state index contributed by atoms with van der Waals surface area (Å²) < 4.78 is 71.6. The van der Waals surface area contributed by atoms with Gasteiger partial charge in [0.25, 0.3) is 6.43 Å². The fourth-order valence-corrected chi connectivity index (χ4v) is 5.56. The van der Waals surface area contributed by atoms with Gasteiger partial charge in [0.1, 0.15) is 11.7 Å². The van der Waals surface area contributed by atoms with Gasteiger partial charge in [-0.05, 0) is 30.4 Å². The van der Waals surface area contributed by atoms with Gasteiger partial charge in [-0.25, -0.2) is 26.3 Å². The van der Waals surface area contributed by atoms with E-state index in [0.717, 1.165) is 6.07 Å². The molecule has 0 bridgehead atoms. The summed E-state index contributed by atoms with van der Waals surface area (Å²) in [6, 6.07) is 4.35. The van der Waals surface area contributed by atoms with E-state index >= 15 is 0 Å². The second-order valence-electron chi connectivity index (χ2n) is 9.66. The Bertz CT molecular complexity index is 1300. The molecular formula is C23H25ClF3N3O2S. The molecule has 33 heavy (non-hydrogen) atoms. The van der Waals surface area contributed by atoms with Crippen LogP contribution in [-0.4, -0.2) is 29.6 Å². The minimum Gasteiger partial charge on any atom is -0.347 e. The van der Waals surface area contributed by atoms with Gasteiger partial charge in [0, 0.05) is 41.0 Å². The normalized spacial score (nSPS) is 16.0. The largest absolute Gasteiger partial charge is 0.347 e. The highest BCUT2D eigenvalue weighted by atomic mass is 35.5. The Hall–Kier alpha value is -2.10. The second-order valence-corrected chi connectivity index (χ2v) is 12.1. The third-order valence-corrected chi connectivity index (χ3v) is 7.62. The van der Waals surface area contributed by atoms with Crippen LogP contribution in [0, 0.1) is 11.2 Å². The molecule has 1 fully saturated rings. The maximum absolute atomic E-state index is 14.5. The highest BCUT2D eigenvalue weighted by molar-refractivity contribution is 7.90. The standard InChI is InChI=1S/C23H25ClF3N3O2S/c1-23(2,3)12-30-11-17(21(22(26)27)29-33(31,32)15-5-6-15)16-7-4-13(8-19(16)30)20-18(25)9-14(24)10-28-20/h4,7-11,15,21-22,29H,5-6,12H2,1-3H3/t21-/m0/s1. The molecule has 1 aromatic carbocycles. The van der Waals surface area contributed by atoms with E-state index in [0.29, 0.717) is 35.9 Å². The van der Waals surface area contributed by atoms with E-state index in [1.165, 1.54) is 6.20 Å². The number of alkyl halides is 2. The van der Waals surface area contributed by atoms with Crippen LogP contribution in [0.3, 0.4) is 0 Å². The third kappa shape index (κ3) is 5.20. The maximum atomic E-state index is 14.5. The van der Waals surface area contributed by atoms with Gasteiger partial charge in [-0.1, -0.05) is 44.5 Å². The Morgan fingerprint density at radius 2 is 1.94 bits per heavy atom. The Morgan fingerprint density at radius 3 is 2.52 bits per heavy atom. The molecule has 10 heteroatoms. The first kappa shape index (κ1) is 24.0. The number of pyridine rings is 1. The molecule has 1 saturated carbocycles. The number of sulfonamides is 1. The summed E-state index contributed by atoms with van der Waals surface area (Å²) in [5.41, 5.74) is 1.13. The van der Waals surface area contributed by atoms with Crippen molar-refractivity contribution in [2.75, 3.05) is 0 Å². The summed E-state index contributed by atoms with van der Waals surface area (Å²) in [7, 11) is -3.85. The minimum absolute atomic E-state index is 0.0891. The number of aromatic nitrogens is 2. The first-order valence-corrected chi connectivity index (χ1v) is 12.5. The van der Waals surface area contributed by atoms with Gasteiger partial charge in [0.2, 0.25) is 10.0 Å². The molecular weight excluding hydrogens is 475 g/mol. The van der Waals surface area contributed by atoms with Crippen molar-refractivity contribution >= 4 is 32.5 Å². The Labute approximate surface area is 196 Å². The molecule has 3 aromatic rings. The lowest BCUT2D eigenvalue weighted by Gasteiger charge is -2.20. The molecule has 0 radical (unpaired) electrons. The predicted molar refractivity (Wildman–Crippen MR) is 123 cm³/mol. The molecule has 1 aliphatic carbocycles. The minimum atomic E-state index is -3.85. The number of rotatable bonds is 7. The molecule has 4 rings (SSSR count). The lowest BCUT2D eigenvalue weighted by atomic mass is 9.97. The summed E-state index contributed by atoms with van der Waals surface area (Å²) in [4.78, 5) is 4.08. The van der Waals surface area contributed by atoms with Gasteiger partial charge in [-0.15, -0.1) is 0 Å². The molecule has 0 saturated heterocycles. The Kier molecular flexibility index (Phi) is 6.26. The van der Waals surface area contributed by atoms with Crippen molar-refractivity contribution in [1.29, 1.82) is 0 Å². The average molecular weight is 500 g/mol. The summed E-state index contributed by atoms with van der Waals surface area (Å²) >= 11 is 5.81. The first-order chi connectivity index (χ1) is 15.4. The maximum Gasteiger partial charge on any atom is 0.258 e. The van der Waals surface area contributed by atoms with Crippen molar-refractivity contribution in [1.82, 2.24) is 14.3 Å².